The molecule has 1 unspecified atom stereocenters. The van der Waals surface area contributed by atoms with Crippen molar-refractivity contribution in [2.45, 2.75) is 6.61 Å². The highest BCUT2D eigenvalue weighted by molar-refractivity contribution is 7.80. The van der Waals surface area contributed by atoms with Gasteiger partial charge in [-0.3, -0.25) is 4.21 Å². The molecule has 0 saturated carbocycles. The molecule has 6 heteroatoms. The van der Waals surface area contributed by atoms with Gasteiger partial charge in [-0.05, 0) is 29.8 Å². The average Bonchev–Trinajstić information content (AvgIpc) is 2.46. The van der Waals surface area contributed by atoms with Gasteiger partial charge in [0.2, 0.25) is 0 Å². The standard InChI is InChI=1S/C14H13NO4S/c16-14(19-10-11-4-2-1-3-5-11)12-6-8-13(9-7-12)15-20(17)18/h1-9,15H,10H2,(H,17,18)/p-1. The quantitative estimate of drug-likeness (QED) is 0.676. The highest BCUT2D eigenvalue weighted by Gasteiger charge is 2.07. The molecule has 5 nitrogen and oxygen atoms in total. The molecule has 0 aliphatic rings. The van der Waals surface area contributed by atoms with Gasteiger partial charge >= 0.3 is 5.97 Å². The van der Waals surface area contributed by atoms with Crippen LogP contribution in [0.3, 0.4) is 0 Å². The summed E-state index contributed by atoms with van der Waals surface area (Å²) >= 11 is -2.38. The van der Waals surface area contributed by atoms with E-state index < -0.39 is 17.2 Å². The fourth-order valence-electron chi connectivity index (χ4n) is 1.58. The van der Waals surface area contributed by atoms with E-state index in [-0.39, 0.29) is 6.61 Å². The number of benzene rings is 2. The number of hydrogen-bond acceptors (Lipinski definition) is 4. The van der Waals surface area contributed by atoms with Crippen LogP contribution in [0.2, 0.25) is 0 Å². The lowest BCUT2D eigenvalue weighted by atomic mass is 10.2. The number of esters is 1. The number of carbonyl (C=O) groups is 1. The van der Waals surface area contributed by atoms with E-state index in [1.54, 1.807) is 0 Å². The molecule has 0 saturated heterocycles. The van der Waals surface area contributed by atoms with Crippen LogP contribution in [0, 0.1) is 0 Å². The van der Waals surface area contributed by atoms with Gasteiger partial charge in [0.25, 0.3) is 0 Å². The van der Waals surface area contributed by atoms with Gasteiger partial charge in [0, 0.05) is 17.0 Å². The molecule has 0 amide bonds. The van der Waals surface area contributed by atoms with Crippen LogP contribution in [0.15, 0.2) is 54.6 Å². The lowest BCUT2D eigenvalue weighted by Gasteiger charge is -2.09. The van der Waals surface area contributed by atoms with Crippen LogP contribution in [0.25, 0.3) is 0 Å². The first-order valence-electron chi connectivity index (χ1n) is 5.82. The Bertz CT molecular complexity index is 598. The number of carbonyl (C=O) groups excluding carboxylic acids is 1. The van der Waals surface area contributed by atoms with Gasteiger partial charge in [0.15, 0.2) is 0 Å². The number of hydrogen-bond donors (Lipinski definition) is 1. The topological polar surface area (TPSA) is 78.5 Å². The van der Waals surface area contributed by atoms with Crippen molar-refractivity contribution in [1.82, 2.24) is 0 Å². The molecule has 0 radical (unpaired) electrons. The summed E-state index contributed by atoms with van der Waals surface area (Å²) in [6.07, 6.45) is 0. The van der Waals surface area contributed by atoms with Crippen molar-refractivity contribution in [3.8, 4) is 0 Å². The molecule has 0 fully saturated rings. The van der Waals surface area contributed by atoms with Crippen molar-refractivity contribution in [2.75, 3.05) is 4.72 Å². The molecule has 0 aliphatic carbocycles. The number of rotatable bonds is 5. The van der Waals surface area contributed by atoms with Gasteiger partial charge in [-0.15, -0.1) is 0 Å². The zero-order valence-corrected chi connectivity index (χ0v) is 11.3. The van der Waals surface area contributed by atoms with Crippen LogP contribution in [0.4, 0.5) is 5.69 Å². The van der Waals surface area contributed by atoms with Crippen molar-refractivity contribution in [3.63, 3.8) is 0 Å². The van der Waals surface area contributed by atoms with Gasteiger partial charge in [-0.2, -0.15) is 0 Å². The minimum Gasteiger partial charge on any atom is -0.755 e. The van der Waals surface area contributed by atoms with E-state index in [0.717, 1.165) is 5.56 Å². The molecular formula is C14H12NO4S-. The van der Waals surface area contributed by atoms with Gasteiger partial charge in [0.05, 0.1) is 5.56 Å². The molecule has 0 aliphatic heterocycles. The molecule has 20 heavy (non-hydrogen) atoms. The Labute approximate surface area is 119 Å². The highest BCUT2D eigenvalue weighted by atomic mass is 32.2. The molecule has 0 spiro atoms. The largest absolute Gasteiger partial charge is 0.755 e. The third kappa shape index (κ3) is 4.18. The molecule has 0 bridgehead atoms. The van der Waals surface area contributed by atoms with E-state index >= 15 is 0 Å². The fraction of sp³-hybridized carbons (Fsp3) is 0.0714. The van der Waals surface area contributed by atoms with Crippen molar-refractivity contribution in [2.24, 2.45) is 0 Å². The zero-order valence-electron chi connectivity index (χ0n) is 10.4. The van der Waals surface area contributed by atoms with Crippen molar-refractivity contribution >= 4 is 22.9 Å². The summed E-state index contributed by atoms with van der Waals surface area (Å²) in [6, 6.07) is 15.3. The second-order valence-corrected chi connectivity index (χ2v) is 4.65. The molecule has 2 aromatic carbocycles. The summed E-state index contributed by atoms with van der Waals surface area (Å²) in [4.78, 5) is 11.8. The Balaban J connectivity index is 1.94. The van der Waals surface area contributed by atoms with E-state index in [1.165, 1.54) is 24.3 Å². The highest BCUT2D eigenvalue weighted by Crippen LogP contribution is 2.12. The molecule has 0 aromatic heterocycles. The maximum absolute atomic E-state index is 11.8. The Morgan fingerprint density at radius 3 is 2.35 bits per heavy atom. The summed E-state index contributed by atoms with van der Waals surface area (Å²) in [6.45, 7) is 0.199. The van der Waals surface area contributed by atoms with Crippen LogP contribution >= 0.6 is 0 Å². The van der Waals surface area contributed by atoms with E-state index in [9.17, 15) is 13.6 Å². The van der Waals surface area contributed by atoms with E-state index in [1.807, 2.05) is 30.3 Å². The average molecular weight is 290 g/mol. The SMILES string of the molecule is O=C(OCc1ccccc1)c1ccc(NS(=O)[O-])cc1. The van der Waals surface area contributed by atoms with Crippen LogP contribution in [0.1, 0.15) is 15.9 Å². The fourth-order valence-corrected chi connectivity index (χ4v) is 1.91. The second-order valence-electron chi connectivity index (χ2n) is 3.98. The summed E-state index contributed by atoms with van der Waals surface area (Å²) in [5.41, 5.74) is 1.65. The van der Waals surface area contributed by atoms with Crippen molar-refractivity contribution in [1.29, 1.82) is 0 Å². The predicted molar refractivity (Wildman–Crippen MR) is 74.5 cm³/mol. The van der Waals surface area contributed by atoms with Crippen molar-refractivity contribution < 1.29 is 18.3 Å². The molecule has 2 aromatic rings. The molecule has 104 valence electrons. The molecule has 1 atom stereocenters. The third-order valence-electron chi connectivity index (χ3n) is 2.53. The number of nitrogens with one attached hydrogen (secondary N) is 1. The van der Waals surface area contributed by atoms with Gasteiger partial charge in [-0.25, -0.2) is 4.79 Å². The minimum absolute atomic E-state index is 0.199. The molecule has 1 N–H and O–H groups in total. The lowest BCUT2D eigenvalue weighted by molar-refractivity contribution is 0.0473. The van der Waals surface area contributed by atoms with Crippen LogP contribution < -0.4 is 4.72 Å². The first kappa shape index (κ1) is 14.2. The molecular weight excluding hydrogens is 278 g/mol. The Hall–Kier alpha value is -2.18. The normalized spacial score (nSPS) is 11.7. The summed E-state index contributed by atoms with van der Waals surface area (Å²) in [5, 5.41) is 0. The van der Waals surface area contributed by atoms with Gasteiger partial charge in [-0.1, -0.05) is 30.3 Å². The van der Waals surface area contributed by atoms with Crippen molar-refractivity contribution in [3.05, 3.63) is 65.7 Å². The summed E-state index contributed by atoms with van der Waals surface area (Å²) in [7, 11) is 0. The Morgan fingerprint density at radius 2 is 1.75 bits per heavy atom. The monoisotopic (exact) mass is 290 g/mol. The molecule has 0 heterocycles. The number of anilines is 1. The minimum atomic E-state index is -2.38. The van der Waals surface area contributed by atoms with E-state index in [2.05, 4.69) is 4.72 Å². The Kier molecular flexibility index (Phi) is 4.86. The van der Waals surface area contributed by atoms with Crippen LogP contribution in [-0.2, 0) is 22.6 Å². The van der Waals surface area contributed by atoms with Crippen LogP contribution in [-0.4, -0.2) is 14.7 Å². The number of ether oxygens (including phenoxy) is 1. The third-order valence-corrected chi connectivity index (χ3v) is 2.94. The second kappa shape index (κ2) is 6.83. The van der Waals surface area contributed by atoms with Crippen LogP contribution in [0.5, 0.6) is 0 Å². The predicted octanol–water partition coefficient (Wildman–Crippen LogP) is 2.25. The van der Waals surface area contributed by atoms with Gasteiger partial charge in [0.1, 0.15) is 6.61 Å². The van der Waals surface area contributed by atoms with Gasteiger partial charge < -0.3 is 14.0 Å². The Morgan fingerprint density at radius 1 is 1.10 bits per heavy atom. The first-order chi connectivity index (χ1) is 9.65. The maximum atomic E-state index is 11.8. The maximum Gasteiger partial charge on any atom is 0.338 e. The summed E-state index contributed by atoms with van der Waals surface area (Å²) in [5.74, 6) is -0.455. The smallest absolute Gasteiger partial charge is 0.338 e. The zero-order chi connectivity index (χ0) is 14.4. The van der Waals surface area contributed by atoms with E-state index in [0.29, 0.717) is 11.3 Å². The summed E-state index contributed by atoms with van der Waals surface area (Å²) < 4.78 is 28.2. The first-order valence-corrected chi connectivity index (χ1v) is 6.89. The lowest BCUT2D eigenvalue weighted by Crippen LogP contribution is -2.06. The van der Waals surface area contributed by atoms with E-state index in [4.69, 9.17) is 4.74 Å². The molecule has 2 rings (SSSR count).